The highest BCUT2D eigenvalue weighted by Gasteiger charge is 2.12. The van der Waals surface area contributed by atoms with Crippen LogP contribution in [0.4, 0.5) is 14.5 Å². The van der Waals surface area contributed by atoms with Crippen molar-refractivity contribution in [3.63, 3.8) is 0 Å². The number of aromatic nitrogens is 1. The highest BCUT2D eigenvalue weighted by Crippen LogP contribution is 2.17. The van der Waals surface area contributed by atoms with Crippen molar-refractivity contribution >= 4 is 27.5 Å². The molecule has 0 bridgehead atoms. The van der Waals surface area contributed by atoms with Crippen LogP contribution in [0, 0.1) is 11.6 Å². The van der Waals surface area contributed by atoms with E-state index >= 15 is 0 Å². The second-order valence-electron chi connectivity index (χ2n) is 3.42. The molecule has 1 aromatic carbocycles. The number of anilines is 1. The van der Waals surface area contributed by atoms with Crippen LogP contribution in [0.15, 0.2) is 41.0 Å². The lowest BCUT2D eigenvalue weighted by molar-refractivity contribution is 0.102. The summed E-state index contributed by atoms with van der Waals surface area (Å²) in [6.07, 6.45) is 1.44. The first-order valence-corrected chi connectivity index (χ1v) is 5.74. The van der Waals surface area contributed by atoms with Gasteiger partial charge in [-0.1, -0.05) is 6.07 Å². The summed E-state index contributed by atoms with van der Waals surface area (Å²) >= 11 is 3.18. The molecule has 18 heavy (non-hydrogen) atoms. The normalized spacial score (nSPS) is 10.2. The molecule has 0 spiro atoms. The van der Waals surface area contributed by atoms with E-state index in [4.69, 9.17) is 0 Å². The first-order chi connectivity index (χ1) is 8.58. The highest BCUT2D eigenvalue weighted by atomic mass is 79.9. The number of halogens is 3. The van der Waals surface area contributed by atoms with E-state index in [2.05, 4.69) is 26.2 Å². The Morgan fingerprint density at radius 1 is 1.22 bits per heavy atom. The summed E-state index contributed by atoms with van der Waals surface area (Å²) in [6, 6.07) is 6.65. The molecule has 1 aromatic heterocycles. The van der Waals surface area contributed by atoms with Crippen LogP contribution in [0.3, 0.4) is 0 Å². The minimum absolute atomic E-state index is 0.113. The van der Waals surface area contributed by atoms with Crippen molar-refractivity contribution in [3.8, 4) is 0 Å². The Morgan fingerprint density at radius 3 is 2.67 bits per heavy atom. The van der Waals surface area contributed by atoms with E-state index in [9.17, 15) is 13.6 Å². The molecule has 0 saturated heterocycles. The maximum Gasteiger partial charge on any atom is 0.274 e. The van der Waals surface area contributed by atoms with Crippen molar-refractivity contribution in [2.45, 2.75) is 0 Å². The van der Waals surface area contributed by atoms with Crippen molar-refractivity contribution in [2.75, 3.05) is 5.32 Å². The zero-order chi connectivity index (χ0) is 13.1. The molecular weight excluding hydrogens is 306 g/mol. The monoisotopic (exact) mass is 312 g/mol. The van der Waals surface area contributed by atoms with Crippen molar-refractivity contribution in [2.24, 2.45) is 0 Å². The molecule has 0 fully saturated rings. The van der Waals surface area contributed by atoms with Crippen molar-refractivity contribution in [3.05, 3.63) is 58.3 Å². The number of pyridine rings is 1. The summed E-state index contributed by atoms with van der Waals surface area (Å²) in [7, 11) is 0. The van der Waals surface area contributed by atoms with Gasteiger partial charge in [0.25, 0.3) is 5.91 Å². The van der Waals surface area contributed by atoms with Crippen LogP contribution in [0.2, 0.25) is 0 Å². The van der Waals surface area contributed by atoms with Crippen LogP contribution in [0.25, 0.3) is 0 Å². The van der Waals surface area contributed by atoms with Gasteiger partial charge >= 0.3 is 0 Å². The van der Waals surface area contributed by atoms with Gasteiger partial charge in [0, 0.05) is 10.7 Å². The van der Waals surface area contributed by atoms with E-state index in [0.717, 1.165) is 10.5 Å². The molecular formula is C12H7BrF2N2O. The molecule has 1 heterocycles. The van der Waals surface area contributed by atoms with Crippen LogP contribution >= 0.6 is 15.9 Å². The number of hydrogen-bond donors (Lipinski definition) is 1. The van der Waals surface area contributed by atoms with E-state index in [-0.39, 0.29) is 11.4 Å². The topological polar surface area (TPSA) is 42.0 Å². The fourth-order valence-corrected chi connectivity index (χ4v) is 1.53. The number of carbonyl (C=O) groups excluding carboxylic acids is 1. The molecule has 0 saturated carbocycles. The lowest BCUT2D eigenvalue weighted by Gasteiger charge is -2.06. The van der Waals surface area contributed by atoms with Gasteiger partial charge in [-0.25, -0.2) is 13.8 Å². The molecule has 1 amide bonds. The lowest BCUT2D eigenvalue weighted by atomic mass is 10.2. The van der Waals surface area contributed by atoms with Crippen LogP contribution in [-0.4, -0.2) is 10.9 Å². The lowest BCUT2D eigenvalue weighted by Crippen LogP contribution is -2.14. The van der Waals surface area contributed by atoms with Crippen LogP contribution < -0.4 is 5.32 Å². The van der Waals surface area contributed by atoms with Crippen molar-refractivity contribution in [1.29, 1.82) is 0 Å². The molecule has 0 aliphatic heterocycles. The van der Waals surface area contributed by atoms with Gasteiger partial charge in [0.05, 0.1) is 5.69 Å². The quantitative estimate of drug-likeness (QED) is 0.923. The van der Waals surface area contributed by atoms with Gasteiger partial charge in [-0.3, -0.25) is 4.79 Å². The zero-order valence-electron chi connectivity index (χ0n) is 8.95. The second kappa shape index (κ2) is 5.22. The molecule has 0 unspecified atom stereocenters. The Balaban J connectivity index is 2.21. The third kappa shape index (κ3) is 2.70. The third-order valence-electron chi connectivity index (χ3n) is 2.16. The third-order valence-corrected chi connectivity index (χ3v) is 2.63. The predicted octanol–water partition coefficient (Wildman–Crippen LogP) is 3.37. The number of carbonyl (C=O) groups is 1. The van der Waals surface area contributed by atoms with Crippen LogP contribution in [0.5, 0.6) is 0 Å². The second-order valence-corrected chi connectivity index (χ2v) is 4.33. The average molecular weight is 313 g/mol. The molecule has 2 rings (SSSR count). The van der Waals surface area contributed by atoms with Gasteiger partial charge < -0.3 is 5.32 Å². The van der Waals surface area contributed by atoms with Crippen LogP contribution in [0.1, 0.15) is 10.5 Å². The molecule has 92 valence electrons. The molecule has 0 aliphatic rings. The van der Waals surface area contributed by atoms with E-state index in [0.29, 0.717) is 0 Å². The molecule has 0 atom stereocenters. The smallest absolute Gasteiger partial charge is 0.274 e. The van der Waals surface area contributed by atoms with Crippen molar-refractivity contribution in [1.82, 2.24) is 4.98 Å². The Kier molecular flexibility index (Phi) is 3.66. The molecule has 2 aromatic rings. The minimum atomic E-state index is -1.09. The summed E-state index contributed by atoms with van der Waals surface area (Å²) in [5, 5.41) is 2.26. The summed E-state index contributed by atoms with van der Waals surface area (Å²) in [6.45, 7) is 0. The summed E-state index contributed by atoms with van der Waals surface area (Å²) in [4.78, 5) is 15.6. The fourth-order valence-electron chi connectivity index (χ4n) is 1.30. The zero-order valence-corrected chi connectivity index (χ0v) is 10.5. The van der Waals surface area contributed by atoms with Gasteiger partial charge in [-0.2, -0.15) is 0 Å². The number of amides is 1. The van der Waals surface area contributed by atoms with Crippen molar-refractivity contribution < 1.29 is 13.6 Å². The van der Waals surface area contributed by atoms with Gasteiger partial charge in [-0.05, 0) is 40.2 Å². The Hall–Kier alpha value is -1.82. The highest BCUT2D eigenvalue weighted by molar-refractivity contribution is 9.10. The summed E-state index contributed by atoms with van der Waals surface area (Å²) in [5.41, 5.74) is -0.105. The molecule has 1 N–H and O–H groups in total. The molecule has 0 aliphatic carbocycles. The number of nitrogens with zero attached hydrogens (tertiary/aromatic N) is 1. The Morgan fingerprint density at radius 2 is 2.00 bits per heavy atom. The molecule has 0 radical (unpaired) electrons. The van der Waals surface area contributed by atoms with E-state index in [1.54, 1.807) is 6.07 Å². The van der Waals surface area contributed by atoms with E-state index in [1.165, 1.54) is 24.4 Å². The van der Waals surface area contributed by atoms with Gasteiger partial charge in [0.1, 0.15) is 5.69 Å². The van der Waals surface area contributed by atoms with E-state index in [1.807, 2.05) is 0 Å². The summed E-state index contributed by atoms with van der Waals surface area (Å²) < 4.78 is 27.0. The predicted molar refractivity (Wildman–Crippen MR) is 66.2 cm³/mol. The van der Waals surface area contributed by atoms with Crippen LogP contribution in [-0.2, 0) is 0 Å². The summed E-state index contributed by atoms with van der Waals surface area (Å²) in [5.74, 6) is -2.72. The molecule has 3 nitrogen and oxygen atoms in total. The number of hydrogen-bond acceptors (Lipinski definition) is 2. The number of nitrogens with one attached hydrogen (secondary N) is 1. The Labute approximate surface area is 110 Å². The number of benzene rings is 1. The largest absolute Gasteiger partial charge is 0.318 e. The van der Waals surface area contributed by atoms with Gasteiger partial charge in [-0.15, -0.1) is 0 Å². The average Bonchev–Trinajstić information content (AvgIpc) is 2.36. The van der Waals surface area contributed by atoms with E-state index < -0.39 is 17.5 Å². The number of rotatable bonds is 2. The fraction of sp³-hybridized carbons (Fsp3) is 0. The maximum absolute atomic E-state index is 13.3. The SMILES string of the molecule is O=C(Nc1cccc(F)c1F)c1ccc(Br)cn1. The minimum Gasteiger partial charge on any atom is -0.318 e. The first-order valence-electron chi connectivity index (χ1n) is 4.95. The maximum atomic E-state index is 13.3. The van der Waals surface area contributed by atoms with Gasteiger partial charge in [0.15, 0.2) is 11.6 Å². The Bertz CT molecular complexity index is 587. The molecule has 6 heteroatoms. The first kappa shape index (κ1) is 12.6. The van der Waals surface area contributed by atoms with Gasteiger partial charge in [0.2, 0.25) is 0 Å². The standard InChI is InChI=1S/C12H7BrF2N2O/c13-7-4-5-10(16-6-7)12(18)17-9-3-1-2-8(14)11(9)15/h1-6H,(H,17,18).